The Kier molecular flexibility index (Phi) is 6.07. The molecule has 158 valence electrons. The maximum atomic E-state index is 6.23. The molecule has 3 heterocycles. The summed E-state index contributed by atoms with van der Waals surface area (Å²) in [6.45, 7) is 2.89. The van der Waals surface area contributed by atoms with E-state index in [4.69, 9.17) is 30.9 Å². The molecule has 1 atom stereocenters. The van der Waals surface area contributed by atoms with Gasteiger partial charge in [0.2, 0.25) is 5.95 Å². The van der Waals surface area contributed by atoms with Crippen molar-refractivity contribution in [2.24, 2.45) is 0 Å². The summed E-state index contributed by atoms with van der Waals surface area (Å²) in [6.07, 6.45) is 5.83. The number of nitrogens with zero attached hydrogens (tertiary/aromatic N) is 4. The lowest BCUT2D eigenvalue weighted by molar-refractivity contribution is 0.0551. The van der Waals surface area contributed by atoms with Crippen LogP contribution in [-0.2, 0) is 9.47 Å². The number of anilines is 3. The first-order chi connectivity index (χ1) is 14.1. The van der Waals surface area contributed by atoms with Gasteiger partial charge in [0.25, 0.3) is 5.88 Å². The van der Waals surface area contributed by atoms with Gasteiger partial charge in [0.05, 0.1) is 24.0 Å². The van der Waals surface area contributed by atoms with Crippen molar-refractivity contribution in [2.75, 3.05) is 38.0 Å². The minimum atomic E-state index is -0.182. The molecule has 1 unspecified atom stereocenters. The summed E-state index contributed by atoms with van der Waals surface area (Å²) >= 11 is 6.23. The number of methoxy groups -OCH3 is 2. The Morgan fingerprint density at radius 2 is 1.93 bits per heavy atom. The highest BCUT2D eigenvalue weighted by Crippen LogP contribution is 2.37. The predicted molar refractivity (Wildman–Crippen MR) is 110 cm³/mol. The maximum Gasteiger partial charge on any atom is 0.257 e. The van der Waals surface area contributed by atoms with Crippen molar-refractivity contribution >= 4 is 29.1 Å². The second-order valence-corrected chi connectivity index (χ2v) is 7.85. The highest BCUT2D eigenvalue weighted by Gasteiger charge is 2.28. The van der Waals surface area contributed by atoms with Crippen LogP contribution in [0.15, 0.2) is 6.20 Å². The van der Waals surface area contributed by atoms with E-state index in [1.165, 1.54) is 0 Å². The van der Waals surface area contributed by atoms with Crippen molar-refractivity contribution in [3.8, 4) is 5.88 Å². The third-order valence-corrected chi connectivity index (χ3v) is 5.93. The fourth-order valence-corrected chi connectivity index (χ4v) is 4.03. The van der Waals surface area contributed by atoms with E-state index >= 15 is 0 Å². The SMILES string of the molecule is COC1CCC(n2nc3c(c2C)Nc2ncc(Cl)c(n2)NCC(OC)CO3)CC1. The molecule has 29 heavy (non-hydrogen) atoms. The van der Waals surface area contributed by atoms with E-state index in [-0.39, 0.29) is 6.10 Å². The van der Waals surface area contributed by atoms with Crippen molar-refractivity contribution in [2.45, 2.75) is 50.9 Å². The number of fused-ring (bicyclic) bond motifs is 3. The fourth-order valence-electron chi connectivity index (χ4n) is 3.87. The van der Waals surface area contributed by atoms with Gasteiger partial charge in [-0.05, 0) is 32.6 Å². The maximum absolute atomic E-state index is 6.23. The molecule has 1 fully saturated rings. The third kappa shape index (κ3) is 4.26. The number of nitrogens with one attached hydrogen (secondary N) is 2. The lowest BCUT2D eigenvalue weighted by Crippen LogP contribution is -2.29. The van der Waals surface area contributed by atoms with E-state index in [9.17, 15) is 0 Å². The zero-order valence-electron chi connectivity index (χ0n) is 16.9. The monoisotopic (exact) mass is 422 g/mol. The molecule has 2 aromatic heterocycles. The summed E-state index contributed by atoms with van der Waals surface area (Å²) in [5.41, 5.74) is 1.76. The van der Waals surface area contributed by atoms with Gasteiger partial charge < -0.3 is 24.8 Å². The molecular formula is C19H27ClN6O3. The van der Waals surface area contributed by atoms with Gasteiger partial charge in [-0.2, -0.15) is 4.98 Å². The van der Waals surface area contributed by atoms with Gasteiger partial charge in [0.15, 0.2) is 5.82 Å². The van der Waals surface area contributed by atoms with Crippen LogP contribution in [0.3, 0.4) is 0 Å². The van der Waals surface area contributed by atoms with Crippen LogP contribution in [0, 0.1) is 6.92 Å². The predicted octanol–water partition coefficient (Wildman–Crippen LogP) is 3.33. The number of ether oxygens (including phenoxy) is 3. The van der Waals surface area contributed by atoms with Crippen LogP contribution < -0.4 is 15.4 Å². The Bertz CT molecular complexity index is 853. The molecule has 1 aliphatic heterocycles. The molecule has 1 saturated carbocycles. The summed E-state index contributed by atoms with van der Waals surface area (Å²) < 4.78 is 19.1. The first-order valence-corrected chi connectivity index (χ1v) is 10.3. The molecule has 2 aliphatic rings. The van der Waals surface area contributed by atoms with Crippen LogP contribution >= 0.6 is 11.6 Å². The number of aromatic nitrogens is 4. The Hall–Kier alpha value is -2.10. The lowest BCUT2D eigenvalue weighted by Gasteiger charge is -2.28. The van der Waals surface area contributed by atoms with Crippen LogP contribution in [0.25, 0.3) is 0 Å². The first-order valence-electron chi connectivity index (χ1n) is 9.90. The molecule has 2 N–H and O–H groups in total. The van der Waals surface area contributed by atoms with Crippen LogP contribution in [-0.4, -0.2) is 59.3 Å². The largest absolute Gasteiger partial charge is 0.472 e. The van der Waals surface area contributed by atoms with Crippen molar-refractivity contribution in [3.63, 3.8) is 0 Å². The second kappa shape index (κ2) is 8.73. The molecule has 0 spiro atoms. The molecule has 9 nitrogen and oxygen atoms in total. The molecule has 0 saturated heterocycles. The van der Waals surface area contributed by atoms with Crippen LogP contribution in [0.4, 0.5) is 17.5 Å². The molecule has 0 aromatic carbocycles. The zero-order valence-corrected chi connectivity index (χ0v) is 17.7. The number of hydrogen-bond donors (Lipinski definition) is 2. The highest BCUT2D eigenvalue weighted by molar-refractivity contribution is 6.32. The molecule has 1 aliphatic carbocycles. The smallest absolute Gasteiger partial charge is 0.257 e. The summed E-state index contributed by atoms with van der Waals surface area (Å²) in [5, 5.41) is 11.7. The third-order valence-electron chi connectivity index (χ3n) is 5.66. The summed E-state index contributed by atoms with van der Waals surface area (Å²) in [6, 6.07) is 0.314. The minimum Gasteiger partial charge on any atom is -0.472 e. The Morgan fingerprint density at radius 1 is 1.17 bits per heavy atom. The Morgan fingerprint density at radius 3 is 2.66 bits per heavy atom. The first kappa shape index (κ1) is 20.2. The van der Waals surface area contributed by atoms with E-state index in [0.717, 1.165) is 37.1 Å². The zero-order chi connectivity index (χ0) is 20.4. The van der Waals surface area contributed by atoms with E-state index in [2.05, 4.69) is 25.3 Å². The van der Waals surface area contributed by atoms with E-state index in [1.807, 2.05) is 6.92 Å². The molecule has 10 heteroatoms. The summed E-state index contributed by atoms with van der Waals surface area (Å²) in [5.74, 6) is 1.52. The van der Waals surface area contributed by atoms with Crippen LogP contribution in [0.1, 0.15) is 37.4 Å². The average Bonchev–Trinajstić information content (AvgIpc) is 3.04. The van der Waals surface area contributed by atoms with Gasteiger partial charge in [-0.3, -0.25) is 4.68 Å². The minimum absolute atomic E-state index is 0.182. The number of hydrogen-bond acceptors (Lipinski definition) is 8. The van der Waals surface area contributed by atoms with Crippen LogP contribution in [0.5, 0.6) is 5.88 Å². The highest BCUT2D eigenvalue weighted by atomic mass is 35.5. The lowest BCUT2D eigenvalue weighted by atomic mass is 9.93. The van der Waals surface area contributed by atoms with Crippen LogP contribution in [0.2, 0.25) is 5.02 Å². The molecule has 4 rings (SSSR count). The van der Waals surface area contributed by atoms with Gasteiger partial charge in [0.1, 0.15) is 23.4 Å². The van der Waals surface area contributed by atoms with E-state index in [1.54, 1.807) is 20.4 Å². The molecule has 0 amide bonds. The Balaban J connectivity index is 1.67. The van der Waals surface area contributed by atoms with Crippen molar-refractivity contribution in [3.05, 3.63) is 16.9 Å². The normalized spacial score (nSPS) is 24.5. The topological polar surface area (TPSA) is 95.4 Å². The quantitative estimate of drug-likeness (QED) is 0.777. The van der Waals surface area contributed by atoms with E-state index in [0.29, 0.717) is 48.0 Å². The molecule has 2 bridgehead atoms. The average molecular weight is 423 g/mol. The van der Waals surface area contributed by atoms with Gasteiger partial charge in [-0.15, -0.1) is 5.10 Å². The van der Waals surface area contributed by atoms with Crippen molar-refractivity contribution in [1.82, 2.24) is 19.7 Å². The van der Waals surface area contributed by atoms with Gasteiger partial charge in [-0.25, -0.2) is 4.98 Å². The number of rotatable bonds is 3. The number of halogens is 1. The summed E-state index contributed by atoms with van der Waals surface area (Å²) in [7, 11) is 3.43. The van der Waals surface area contributed by atoms with E-state index < -0.39 is 0 Å². The Labute approximate surface area is 175 Å². The fraction of sp³-hybridized carbons (Fsp3) is 0.632. The molecular weight excluding hydrogens is 396 g/mol. The second-order valence-electron chi connectivity index (χ2n) is 7.44. The van der Waals surface area contributed by atoms with Gasteiger partial charge >= 0.3 is 0 Å². The summed E-state index contributed by atoms with van der Waals surface area (Å²) in [4.78, 5) is 8.80. The molecule has 0 radical (unpaired) electrons. The molecule has 2 aromatic rings. The van der Waals surface area contributed by atoms with Crippen molar-refractivity contribution in [1.29, 1.82) is 0 Å². The standard InChI is InChI=1S/C19H27ClN6O3/c1-11-16-18(25-26(11)12-4-6-13(27-2)7-5-12)29-10-14(28-3)8-21-17-15(20)9-22-19(23-16)24-17/h9,12-14H,4-8,10H2,1-3H3,(H2,21,22,23,24). The van der Waals surface area contributed by atoms with Gasteiger partial charge in [-0.1, -0.05) is 11.6 Å². The van der Waals surface area contributed by atoms with Gasteiger partial charge in [0, 0.05) is 20.8 Å². The van der Waals surface area contributed by atoms with Crippen molar-refractivity contribution < 1.29 is 14.2 Å².